The van der Waals surface area contributed by atoms with E-state index in [1.54, 1.807) is 18.2 Å². The molecule has 1 N–H and O–H groups in total. The fourth-order valence-corrected chi connectivity index (χ4v) is 1.52. The number of rotatable bonds is 2. The molecular weight excluding hydrogens is 196 g/mol. The Morgan fingerprint density at radius 3 is 2.73 bits per heavy atom. The van der Waals surface area contributed by atoms with E-state index in [2.05, 4.69) is 4.98 Å². The SMILES string of the molecule is O=C(O)C1CCN1C(=O)c1ccccn1. The highest BCUT2D eigenvalue weighted by Gasteiger charge is 2.38. The van der Waals surface area contributed by atoms with E-state index in [4.69, 9.17) is 5.11 Å². The molecule has 1 fully saturated rings. The van der Waals surface area contributed by atoms with Gasteiger partial charge in [-0.05, 0) is 18.6 Å². The highest BCUT2D eigenvalue weighted by Crippen LogP contribution is 2.19. The number of aromatic nitrogens is 1. The quantitative estimate of drug-likeness (QED) is 0.759. The molecule has 0 aliphatic carbocycles. The number of aliphatic carboxylic acids is 1. The monoisotopic (exact) mass is 206 g/mol. The number of nitrogens with zero attached hydrogens (tertiary/aromatic N) is 2. The molecule has 1 aromatic rings. The first kappa shape index (κ1) is 9.64. The summed E-state index contributed by atoms with van der Waals surface area (Å²) in [5, 5.41) is 8.79. The van der Waals surface area contributed by atoms with Crippen LogP contribution in [0.2, 0.25) is 0 Å². The van der Waals surface area contributed by atoms with Crippen LogP contribution in [0.25, 0.3) is 0 Å². The van der Waals surface area contributed by atoms with Gasteiger partial charge < -0.3 is 10.0 Å². The van der Waals surface area contributed by atoms with Crippen molar-refractivity contribution < 1.29 is 14.7 Å². The minimum Gasteiger partial charge on any atom is -0.480 e. The topological polar surface area (TPSA) is 70.5 Å². The molecule has 0 radical (unpaired) electrons. The molecule has 1 unspecified atom stereocenters. The van der Waals surface area contributed by atoms with Crippen molar-refractivity contribution in [3.8, 4) is 0 Å². The van der Waals surface area contributed by atoms with E-state index < -0.39 is 12.0 Å². The summed E-state index contributed by atoms with van der Waals surface area (Å²) < 4.78 is 0. The molecule has 1 aromatic heterocycles. The van der Waals surface area contributed by atoms with Crippen LogP contribution in [0.5, 0.6) is 0 Å². The Morgan fingerprint density at radius 2 is 2.27 bits per heavy atom. The third kappa shape index (κ3) is 1.68. The van der Waals surface area contributed by atoms with Crippen molar-refractivity contribution in [2.24, 2.45) is 0 Å². The highest BCUT2D eigenvalue weighted by molar-refractivity contribution is 5.95. The van der Waals surface area contributed by atoms with E-state index in [0.717, 1.165) is 0 Å². The van der Waals surface area contributed by atoms with Gasteiger partial charge in [0, 0.05) is 12.7 Å². The van der Waals surface area contributed by atoms with Crippen LogP contribution < -0.4 is 0 Å². The second kappa shape index (κ2) is 3.68. The lowest BCUT2D eigenvalue weighted by molar-refractivity contribution is -0.146. The maximum Gasteiger partial charge on any atom is 0.326 e. The lowest BCUT2D eigenvalue weighted by atomic mass is 10.0. The third-order valence-electron chi connectivity index (χ3n) is 2.45. The highest BCUT2D eigenvalue weighted by atomic mass is 16.4. The molecule has 0 spiro atoms. The Balaban J connectivity index is 2.13. The van der Waals surface area contributed by atoms with Crippen LogP contribution in [0.3, 0.4) is 0 Å². The van der Waals surface area contributed by atoms with Gasteiger partial charge in [-0.1, -0.05) is 6.07 Å². The summed E-state index contributed by atoms with van der Waals surface area (Å²) in [7, 11) is 0. The standard InChI is InChI=1S/C10H10N2O3/c13-9(7-3-1-2-5-11-7)12-6-4-8(12)10(14)15/h1-3,5,8H,4,6H2,(H,14,15). The summed E-state index contributed by atoms with van der Waals surface area (Å²) in [6.45, 7) is 0.492. The van der Waals surface area contributed by atoms with E-state index >= 15 is 0 Å². The molecule has 0 bridgehead atoms. The average Bonchev–Trinajstić information content (AvgIpc) is 2.16. The summed E-state index contributed by atoms with van der Waals surface area (Å²) in [5.74, 6) is -1.26. The molecule has 15 heavy (non-hydrogen) atoms. The van der Waals surface area contributed by atoms with Crippen molar-refractivity contribution in [1.29, 1.82) is 0 Å². The van der Waals surface area contributed by atoms with Gasteiger partial charge in [0.2, 0.25) is 0 Å². The summed E-state index contributed by atoms with van der Waals surface area (Å²) in [6, 6.07) is 4.32. The van der Waals surface area contributed by atoms with Crippen molar-refractivity contribution in [2.45, 2.75) is 12.5 Å². The predicted molar refractivity (Wildman–Crippen MR) is 51.3 cm³/mol. The van der Waals surface area contributed by atoms with E-state index in [1.165, 1.54) is 11.1 Å². The van der Waals surface area contributed by atoms with Crippen LogP contribution in [0, 0.1) is 0 Å². The largest absolute Gasteiger partial charge is 0.480 e. The van der Waals surface area contributed by atoms with Gasteiger partial charge in [-0.3, -0.25) is 9.78 Å². The Labute approximate surface area is 86.3 Å². The van der Waals surface area contributed by atoms with E-state index in [-0.39, 0.29) is 5.91 Å². The van der Waals surface area contributed by atoms with Crippen LogP contribution in [-0.4, -0.2) is 39.5 Å². The van der Waals surface area contributed by atoms with Crippen molar-refractivity contribution in [3.63, 3.8) is 0 Å². The normalized spacial score (nSPS) is 19.5. The number of carbonyl (C=O) groups is 2. The lowest BCUT2D eigenvalue weighted by Gasteiger charge is -2.37. The predicted octanol–water partition coefficient (Wildman–Crippen LogP) is 0.381. The number of hydrogen-bond donors (Lipinski definition) is 1. The number of hydrogen-bond acceptors (Lipinski definition) is 3. The molecule has 1 saturated heterocycles. The zero-order valence-electron chi connectivity index (χ0n) is 7.96. The smallest absolute Gasteiger partial charge is 0.326 e. The molecule has 2 heterocycles. The summed E-state index contributed by atoms with van der Waals surface area (Å²) >= 11 is 0. The van der Waals surface area contributed by atoms with Crippen LogP contribution in [0.4, 0.5) is 0 Å². The average molecular weight is 206 g/mol. The number of carboxylic acids is 1. The van der Waals surface area contributed by atoms with Crippen LogP contribution in [0.1, 0.15) is 16.9 Å². The molecule has 0 saturated carbocycles. The van der Waals surface area contributed by atoms with Crippen molar-refractivity contribution >= 4 is 11.9 Å². The Hall–Kier alpha value is -1.91. The molecule has 1 atom stereocenters. The fourth-order valence-electron chi connectivity index (χ4n) is 1.52. The van der Waals surface area contributed by atoms with Gasteiger partial charge in [-0.15, -0.1) is 0 Å². The van der Waals surface area contributed by atoms with Crippen molar-refractivity contribution in [1.82, 2.24) is 9.88 Å². The first-order chi connectivity index (χ1) is 7.20. The van der Waals surface area contributed by atoms with Gasteiger partial charge >= 0.3 is 5.97 Å². The van der Waals surface area contributed by atoms with Gasteiger partial charge in [-0.2, -0.15) is 0 Å². The molecule has 2 rings (SSSR count). The molecule has 0 aromatic carbocycles. The summed E-state index contributed by atoms with van der Waals surface area (Å²) in [4.78, 5) is 27.7. The Kier molecular flexibility index (Phi) is 2.37. The van der Waals surface area contributed by atoms with Gasteiger partial charge in [0.15, 0.2) is 0 Å². The Morgan fingerprint density at radius 1 is 1.47 bits per heavy atom. The zero-order valence-corrected chi connectivity index (χ0v) is 7.96. The summed E-state index contributed by atoms with van der Waals surface area (Å²) in [6.07, 6.45) is 2.04. The molecule has 1 amide bonds. The Bertz CT molecular complexity index is 391. The van der Waals surface area contributed by atoms with E-state index in [1.807, 2.05) is 0 Å². The van der Waals surface area contributed by atoms with Gasteiger partial charge in [0.05, 0.1) is 0 Å². The van der Waals surface area contributed by atoms with E-state index in [0.29, 0.717) is 18.7 Å². The van der Waals surface area contributed by atoms with Crippen LogP contribution >= 0.6 is 0 Å². The molecule has 5 nitrogen and oxygen atoms in total. The van der Waals surface area contributed by atoms with Gasteiger partial charge in [-0.25, -0.2) is 4.79 Å². The third-order valence-corrected chi connectivity index (χ3v) is 2.45. The fraction of sp³-hybridized carbons (Fsp3) is 0.300. The number of carboxylic acid groups (broad SMARTS) is 1. The molecular formula is C10H10N2O3. The maximum absolute atomic E-state index is 11.7. The van der Waals surface area contributed by atoms with Crippen LogP contribution in [0.15, 0.2) is 24.4 Å². The number of amides is 1. The number of likely N-dealkylation sites (tertiary alicyclic amines) is 1. The van der Waals surface area contributed by atoms with Gasteiger partial charge in [0.25, 0.3) is 5.91 Å². The number of pyridine rings is 1. The lowest BCUT2D eigenvalue weighted by Crippen LogP contribution is -2.55. The van der Waals surface area contributed by atoms with Crippen LogP contribution in [-0.2, 0) is 4.79 Å². The first-order valence-electron chi connectivity index (χ1n) is 4.65. The van der Waals surface area contributed by atoms with Gasteiger partial charge in [0.1, 0.15) is 11.7 Å². The minimum absolute atomic E-state index is 0.295. The van der Waals surface area contributed by atoms with Crippen molar-refractivity contribution in [3.05, 3.63) is 30.1 Å². The van der Waals surface area contributed by atoms with E-state index in [9.17, 15) is 9.59 Å². The molecule has 1 aliphatic heterocycles. The molecule has 5 heteroatoms. The molecule has 1 aliphatic rings. The molecule has 78 valence electrons. The second-order valence-electron chi connectivity index (χ2n) is 3.36. The minimum atomic E-state index is -0.953. The summed E-state index contributed by atoms with van der Waals surface area (Å²) in [5.41, 5.74) is 0.295. The second-order valence-corrected chi connectivity index (χ2v) is 3.36. The first-order valence-corrected chi connectivity index (χ1v) is 4.65. The van der Waals surface area contributed by atoms with Crippen molar-refractivity contribution in [2.75, 3.05) is 6.54 Å². The maximum atomic E-state index is 11.7. The number of carbonyl (C=O) groups excluding carboxylic acids is 1. The zero-order chi connectivity index (χ0) is 10.8.